The van der Waals surface area contributed by atoms with Crippen molar-refractivity contribution in [1.82, 2.24) is 5.32 Å². The number of amides is 1. The van der Waals surface area contributed by atoms with E-state index in [0.29, 0.717) is 0 Å². The highest BCUT2D eigenvalue weighted by molar-refractivity contribution is 5.89. The monoisotopic (exact) mass is 291 g/mol. The largest absolute Gasteiger partial charge is 0.497 e. The van der Waals surface area contributed by atoms with E-state index in [2.05, 4.69) is 5.32 Å². The van der Waals surface area contributed by atoms with E-state index in [1.165, 1.54) is 6.08 Å². The summed E-state index contributed by atoms with van der Waals surface area (Å²) in [7, 11) is 1.59. The molecule has 0 radical (unpaired) electrons. The van der Waals surface area contributed by atoms with Crippen molar-refractivity contribution < 1.29 is 19.1 Å². The molecular formula is C16H21NO4. The fourth-order valence-electron chi connectivity index (χ4n) is 1.52. The van der Waals surface area contributed by atoms with Crippen LogP contribution >= 0.6 is 0 Å². The SMILES string of the molecule is COc1ccc(/C=C/C(=O)OCC(=O)NC(C)(C)C)cc1. The van der Waals surface area contributed by atoms with Gasteiger partial charge in [0.05, 0.1) is 7.11 Å². The topological polar surface area (TPSA) is 64.6 Å². The summed E-state index contributed by atoms with van der Waals surface area (Å²) in [5, 5.41) is 2.71. The van der Waals surface area contributed by atoms with Crippen LogP contribution in [0.1, 0.15) is 26.3 Å². The van der Waals surface area contributed by atoms with Gasteiger partial charge in [-0.1, -0.05) is 12.1 Å². The molecule has 1 amide bonds. The zero-order valence-electron chi connectivity index (χ0n) is 12.8. The highest BCUT2D eigenvalue weighted by atomic mass is 16.5. The number of carbonyl (C=O) groups excluding carboxylic acids is 2. The van der Waals surface area contributed by atoms with Crippen molar-refractivity contribution in [3.8, 4) is 5.75 Å². The molecule has 5 nitrogen and oxygen atoms in total. The molecule has 0 aromatic heterocycles. The maximum atomic E-state index is 11.5. The van der Waals surface area contributed by atoms with E-state index in [0.717, 1.165) is 11.3 Å². The Morgan fingerprint density at radius 3 is 2.33 bits per heavy atom. The van der Waals surface area contributed by atoms with Gasteiger partial charge in [-0.15, -0.1) is 0 Å². The lowest BCUT2D eigenvalue weighted by atomic mass is 10.1. The second-order valence-electron chi connectivity index (χ2n) is 5.51. The van der Waals surface area contributed by atoms with Gasteiger partial charge in [0.15, 0.2) is 6.61 Å². The van der Waals surface area contributed by atoms with Crippen molar-refractivity contribution in [3.05, 3.63) is 35.9 Å². The van der Waals surface area contributed by atoms with Crippen molar-refractivity contribution >= 4 is 18.0 Å². The van der Waals surface area contributed by atoms with Crippen LogP contribution in [0.15, 0.2) is 30.3 Å². The number of benzene rings is 1. The molecule has 0 aliphatic carbocycles. The van der Waals surface area contributed by atoms with E-state index >= 15 is 0 Å². The maximum absolute atomic E-state index is 11.5. The third-order valence-electron chi connectivity index (χ3n) is 2.39. The molecule has 0 spiro atoms. The number of methoxy groups -OCH3 is 1. The standard InChI is InChI=1S/C16H21NO4/c1-16(2,3)17-14(18)11-21-15(19)10-7-12-5-8-13(20-4)9-6-12/h5-10H,11H2,1-4H3,(H,17,18)/b10-7+. The molecule has 1 aromatic carbocycles. The number of nitrogens with one attached hydrogen (secondary N) is 1. The van der Waals surface area contributed by atoms with Crippen LogP contribution in [0.3, 0.4) is 0 Å². The van der Waals surface area contributed by atoms with Gasteiger partial charge in [0, 0.05) is 11.6 Å². The van der Waals surface area contributed by atoms with E-state index < -0.39 is 5.97 Å². The molecule has 114 valence electrons. The minimum atomic E-state index is -0.560. The Morgan fingerprint density at radius 1 is 1.19 bits per heavy atom. The molecule has 0 saturated heterocycles. The molecule has 0 unspecified atom stereocenters. The predicted octanol–water partition coefficient (Wildman–Crippen LogP) is 2.17. The number of hydrogen-bond donors (Lipinski definition) is 1. The van der Waals surface area contributed by atoms with Crippen molar-refractivity contribution in [1.29, 1.82) is 0 Å². The van der Waals surface area contributed by atoms with Crippen molar-refractivity contribution in [2.45, 2.75) is 26.3 Å². The average Bonchev–Trinajstić information content (AvgIpc) is 2.41. The van der Waals surface area contributed by atoms with Crippen molar-refractivity contribution in [3.63, 3.8) is 0 Å². The first kappa shape index (κ1) is 16.8. The van der Waals surface area contributed by atoms with Gasteiger partial charge in [-0.25, -0.2) is 4.79 Å². The van der Waals surface area contributed by atoms with E-state index in [1.807, 2.05) is 32.9 Å². The Balaban J connectivity index is 2.42. The summed E-state index contributed by atoms with van der Waals surface area (Å²) >= 11 is 0. The molecule has 1 aromatic rings. The van der Waals surface area contributed by atoms with Crippen LogP contribution in [0.5, 0.6) is 5.75 Å². The summed E-state index contributed by atoms with van der Waals surface area (Å²) < 4.78 is 9.89. The van der Waals surface area contributed by atoms with Crippen LogP contribution in [0, 0.1) is 0 Å². The van der Waals surface area contributed by atoms with Gasteiger partial charge in [0.1, 0.15) is 5.75 Å². The predicted molar refractivity (Wildman–Crippen MR) is 80.9 cm³/mol. The van der Waals surface area contributed by atoms with E-state index in [4.69, 9.17) is 9.47 Å². The van der Waals surface area contributed by atoms with Gasteiger partial charge in [0.25, 0.3) is 5.91 Å². The molecule has 0 fully saturated rings. The normalized spacial score (nSPS) is 11.2. The lowest BCUT2D eigenvalue weighted by Crippen LogP contribution is -2.42. The number of rotatable bonds is 5. The van der Waals surface area contributed by atoms with Crippen LogP contribution in [0.25, 0.3) is 6.08 Å². The molecule has 0 saturated carbocycles. The summed E-state index contributed by atoms with van der Waals surface area (Å²) in [6.45, 7) is 5.28. The molecule has 5 heteroatoms. The van der Waals surface area contributed by atoms with Gasteiger partial charge in [0.2, 0.25) is 0 Å². The quantitative estimate of drug-likeness (QED) is 0.667. The highest BCUT2D eigenvalue weighted by Gasteiger charge is 2.14. The first-order chi connectivity index (χ1) is 9.80. The van der Waals surface area contributed by atoms with Gasteiger partial charge >= 0.3 is 5.97 Å². The molecule has 0 atom stereocenters. The second kappa shape index (κ2) is 7.47. The Hall–Kier alpha value is -2.30. The van der Waals surface area contributed by atoms with Crippen molar-refractivity contribution in [2.24, 2.45) is 0 Å². The third kappa shape index (κ3) is 7.15. The van der Waals surface area contributed by atoms with E-state index in [-0.39, 0.29) is 18.1 Å². The first-order valence-corrected chi connectivity index (χ1v) is 6.60. The zero-order chi connectivity index (χ0) is 15.9. The molecule has 0 bridgehead atoms. The molecule has 1 N–H and O–H groups in total. The zero-order valence-corrected chi connectivity index (χ0v) is 12.8. The lowest BCUT2D eigenvalue weighted by molar-refractivity contribution is -0.144. The summed E-state index contributed by atoms with van der Waals surface area (Å²) in [5.74, 6) is -0.142. The lowest BCUT2D eigenvalue weighted by Gasteiger charge is -2.20. The van der Waals surface area contributed by atoms with Crippen LogP contribution in [0.4, 0.5) is 0 Å². The Labute approximate surface area is 124 Å². The summed E-state index contributed by atoms with van der Waals surface area (Å²) in [6, 6.07) is 7.22. The van der Waals surface area contributed by atoms with E-state index in [9.17, 15) is 9.59 Å². The molecule has 1 rings (SSSR count). The summed E-state index contributed by atoms with van der Waals surface area (Å²) in [4.78, 5) is 23.0. The molecular weight excluding hydrogens is 270 g/mol. The highest BCUT2D eigenvalue weighted by Crippen LogP contribution is 2.12. The fraction of sp³-hybridized carbons (Fsp3) is 0.375. The van der Waals surface area contributed by atoms with Gasteiger partial charge in [-0.3, -0.25) is 4.79 Å². The smallest absolute Gasteiger partial charge is 0.331 e. The van der Waals surface area contributed by atoms with Crippen LogP contribution in [0.2, 0.25) is 0 Å². The molecule has 0 aliphatic heterocycles. The number of ether oxygens (including phenoxy) is 2. The van der Waals surface area contributed by atoms with Gasteiger partial charge in [-0.05, 0) is 44.5 Å². The third-order valence-corrected chi connectivity index (χ3v) is 2.39. The second-order valence-corrected chi connectivity index (χ2v) is 5.51. The number of esters is 1. The Morgan fingerprint density at radius 2 is 1.81 bits per heavy atom. The molecule has 0 aliphatic rings. The Bertz CT molecular complexity index is 512. The number of hydrogen-bond acceptors (Lipinski definition) is 4. The minimum absolute atomic E-state index is 0.289. The summed E-state index contributed by atoms with van der Waals surface area (Å²) in [6.07, 6.45) is 2.90. The van der Waals surface area contributed by atoms with Crippen molar-refractivity contribution in [2.75, 3.05) is 13.7 Å². The summed E-state index contributed by atoms with van der Waals surface area (Å²) in [5.41, 5.74) is 0.495. The minimum Gasteiger partial charge on any atom is -0.497 e. The number of carbonyl (C=O) groups is 2. The Kier molecular flexibility index (Phi) is 5.96. The van der Waals surface area contributed by atoms with Crippen LogP contribution in [-0.2, 0) is 14.3 Å². The van der Waals surface area contributed by atoms with Gasteiger partial charge < -0.3 is 14.8 Å². The molecule has 21 heavy (non-hydrogen) atoms. The maximum Gasteiger partial charge on any atom is 0.331 e. The van der Waals surface area contributed by atoms with Crippen LogP contribution in [-0.4, -0.2) is 31.1 Å². The average molecular weight is 291 g/mol. The molecule has 0 heterocycles. The fourth-order valence-corrected chi connectivity index (χ4v) is 1.52. The first-order valence-electron chi connectivity index (χ1n) is 6.60. The van der Waals surface area contributed by atoms with E-state index in [1.54, 1.807) is 25.3 Å². The van der Waals surface area contributed by atoms with Gasteiger partial charge in [-0.2, -0.15) is 0 Å². The van der Waals surface area contributed by atoms with Crippen LogP contribution < -0.4 is 10.1 Å².